The maximum Gasteiger partial charge on any atom is 0.123 e. The number of hydrogen-bond acceptors (Lipinski definition) is 2. The van der Waals surface area contributed by atoms with Gasteiger partial charge >= 0.3 is 0 Å². The monoisotopic (exact) mass is 167 g/mol. The number of phenolic OH excluding ortho intramolecular Hbond substituents is 1. The Morgan fingerprint density at radius 3 is 2.67 bits per heavy atom. The fourth-order valence-electron chi connectivity index (χ4n) is 0.958. The zero-order chi connectivity index (χ0) is 8.97. The second kappa shape index (κ2) is 3.88. The first-order valence-corrected chi connectivity index (χ1v) is 3.57. The van der Waals surface area contributed by atoms with Crippen molar-refractivity contribution in [1.29, 1.82) is 0 Å². The Bertz CT molecular complexity index is 296. The minimum Gasteiger partial charge on any atom is -0.507 e. The van der Waals surface area contributed by atoms with E-state index in [9.17, 15) is 9.50 Å². The van der Waals surface area contributed by atoms with Gasteiger partial charge in [0.05, 0.1) is 6.33 Å². The van der Waals surface area contributed by atoms with E-state index in [1.165, 1.54) is 6.07 Å². The van der Waals surface area contributed by atoms with Gasteiger partial charge in [-0.25, -0.2) is 4.39 Å². The Kier molecular flexibility index (Phi) is 2.82. The third kappa shape index (κ3) is 1.62. The van der Waals surface area contributed by atoms with Crippen LogP contribution in [-0.2, 0) is 0 Å². The van der Waals surface area contributed by atoms with Crippen molar-refractivity contribution < 1.29 is 9.50 Å². The summed E-state index contributed by atoms with van der Waals surface area (Å²) >= 11 is 0. The summed E-state index contributed by atoms with van der Waals surface area (Å²) in [5.74, 6) is 0.0480. The molecule has 0 atom stereocenters. The lowest BCUT2D eigenvalue weighted by Gasteiger charge is -2.04. The molecule has 1 aromatic carbocycles. The van der Waals surface area contributed by atoms with Crippen LogP contribution in [0.5, 0.6) is 5.75 Å². The van der Waals surface area contributed by atoms with Crippen LogP contribution in [0.15, 0.2) is 30.6 Å². The highest BCUT2D eigenvalue weighted by Crippen LogP contribution is 2.23. The lowest BCUT2D eigenvalue weighted by atomic mass is 10.1. The molecule has 12 heavy (non-hydrogen) atoms. The Balaban J connectivity index is 3.10. The van der Waals surface area contributed by atoms with Gasteiger partial charge in [0.1, 0.15) is 5.75 Å². The highest BCUT2D eigenvalue weighted by molar-refractivity contribution is 5.70. The Hall–Kier alpha value is -1.35. The van der Waals surface area contributed by atoms with Crippen molar-refractivity contribution in [1.82, 2.24) is 0 Å². The highest BCUT2D eigenvalue weighted by atomic mass is 19.1. The highest BCUT2D eigenvalue weighted by Gasteiger charge is 2.03. The van der Waals surface area contributed by atoms with Gasteiger partial charge in [-0.1, -0.05) is 18.2 Å². The minimum atomic E-state index is 0.0480. The molecule has 0 aliphatic rings. The van der Waals surface area contributed by atoms with Gasteiger partial charge in [-0.2, -0.15) is 0 Å². The second-order valence-corrected chi connectivity index (χ2v) is 2.36. The molecule has 2 nitrogen and oxygen atoms in total. The summed E-state index contributed by atoms with van der Waals surface area (Å²) in [6.07, 6.45) is 0.412. The van der Waals surface area contributed by atoms with Crippen molar-refractivity contribution in [2.75, 3.05) is 6.54 Å². The van der Waals surface area contributed by atoms with E-state index in [-0.39, 0.29) is 12.3 Å². The largest absolute Gasteiger partial charge is 0.507 e. The van der Waals surface area contributed by atoms with Gasteiger partial charge in [-0.15, -0.1) is 0 Å². The van der Waals surface area contributed by atoms with Crippen LogP contribution < -0.4 is 5.73 Å². The van der Waals surface area contributed by atoms with E-state index >= 15 is 0 Å². The summed E-state index contributed by atoms with van der Waals surface area (Å²) in [7, 11) is 0. The summed E-state index contributed by atoms with van der Waals surface area (Å²) in [5, 5.41) is 9.28. The lowest BCUT2D eigenvalue weighted by Crippen LogP contribution is -2.01. The molecule has 0 bridgehead atoms. The molecule has 3 heteroatoms. The zero-order valence-corrected chi connectivity index (χ0v) is 6.50. The van der Waals surface area contributed by atoms with Crippen LogP contribution in [0.3, 0.4) is 0 Å². The molecule has 0 fully saturated rings. The number of phenols is 1. The molecule has 0 aromatic heterocycles. The molecule has 0 amide bonds. The minimum absolute atomic E-state index is 0.0480. The van der Waals surface area contributed by atoms with E-state index in [4.69, 9.17) is 5.73 Å². The van der Waals surface area contributed by atoms with Crippen molar-refractivity contribution >= 4 is 5.57 Å². The van der Waals surface area contributed by atoms with Crippen molar-refractivity contribution in [2.24, 2.45) is 5.73 Å². The number of halogens is 1. The second-order valence-electron chi connectivity index (χ2n) is 2.36. The predicted molar refractivity (Wildman–Crippen MR) is 46.2 cm³/mol. The van der Waals surface area contributed by atoms with E-state index < -0.39 is 0 Å². The van der Waals surface area contributed by atoms with Crippen LogP contribution in [0.25, 0.3) is 5.57 Å². The number of benzene rings is 1. The Labute approximate surface area is 70.1 Å². The van der Waals surface area contributed by atoms with E-state index in [1.54, 1.807) is 18.2 Å². The molecule has 0 unspecified atom stereocenters. The number of hydrogen-bond donors (Lipinski definition) is 2. The molecule has 0 saturated carbocycles. The molecule has 0 spiro atoms. The van der Waals surface area contributed by atoms with Crippen molar-refractivity contribution in [2.45, 2.75) is 0 Å². The fourth-order valence-corrected chi connectivity index (χ4v) is 0.958. The third-order valence-electron chi connectivity index (χ3n) is 1.60. The maximum absolute atomic E-state index is 12.2. The Morgan fingerprint density at radius 2 is 2.17 bits per heavy atom. The van der Waals surface area contributed by atoms with Crippen LogP contribution in [-0.4, -0.2) is 11.7 Å². The molecule has 0 saturated heterocycles. The van der Waals surface area contributed by atoms with Gasteiger partial charge in [-0.3, -0.25) is 0 Å². The van der Waals surface area contributed by atoms with Crippen molar-refractivity contribution in [3.63, 3.8) is 0 Å². The van der Waals surface area contributed by atoms with Gasteiger partial charge in [0, 0.05) is 17.7 Å². The zero-order valence-electron chi connectivity index (χ0n) is 6.50. The maximum atomic E-state index is 12.2. The quantitative estimate of drug-likeness (QED) is 0.703. The molecular weight excluding hydrogens is 157 g/mol. The Morgan fingerprint density at radius 1 is 1.50 bits per heavy atom. The molecule has 1 aromatic rings. The van der Waals surface area contributed by atoms with E-state index in [2.05, 4.69) is 0 Å². The van der Waals surface area contributed by atoms with Gasteiger partial charge in [0.2, 0.25) is 0 Å². The van der Waals surface area contributed by atoms with Gasteiger partial charge in [0.25, 0.3) is 0 Å². The lowest BCUT2D eigenvalue weighted by molar-refractivity contribution is 0.473. The van der Waals surface area contributed by atoms with Crippen molar-refractivity contribution in [3.8, 4) is 5.75 Å². The van der Waals surface area contributed by atoms with E-state index in [0.29, 0.717) is 17.5 Å². The van der Waals surface area contributed by atoms with Crippen molar-refractivity contribution in [3.05, 3.63) is 36.2 Å². The summed E-state index contributed by atoms with van der Waals surface area (Å²) in [6.45, 7) is 0.0775. The predicted octanol–water partition coefficient (Wildman–Crippen LogP) is 1.66. The van der Waals surface area contributed by atoms with Gasteiger partial charge in [0.15, 0.2) is 0 Å². The van der Waals surface area contributed by atoms with Crippen LogP contribution in [0.1, 0.15) is 5.56 Å². The fraction of sp³-hybridized carbons (Fsp3) is 0.111. The molecule has 64 valence electrons. The molecule has 3 N–H and O–H groups in total. The summed E-state index contributed by atoms with van der Waals surface area (Å²) in [6, 6.07) is 6.50. The molecule has 0 heterocycles. The van der Waals surface area contributed by atoms with Crippen LogP contribution >= 0.6 is 0 Å². The van der Waals surface area contributed by atoms with E-state index in [1.807, 2.05) is 0 Å². The van der Waals surface area contributed by atoms with E-state index in [0.717, 1.165) is 0 Å². The van der Waals surface area contributed by atoms with Crippen LogP contribution in [0.4, 0.5) is 4.39 Å². The van der Waals surface area contributed by atoms with Crippen LogP contribution in [0.2, 0.25) is 0 Å². The first-order chi connectivity index (χ1) is 5.79. The van der Waals surface area contributed by atoms with Gasteiger partial charge in [-0.05, 0) is 6.07 Å². The molecule has 0 radical (unpaired) electrons. The van der Waals surface area contributed by atoms with Crippen LogP contribution in [0, 0.1) is 0 Å². The smallest absolute Gasteiger partial charge is 0.123 e. The summed E-state index contributed by atoms with van der Waals surface area (Å²) in [4.78, 5) is 0. The number of rotatable bonds is 2. The number of para-hydroxylation sites is 1. The topological polar surface area (TPSA) is 46.2 Å². The normalized spacial score (nSPS) is 11.7. The molecule has 0 aliphatic heterocycles. The first kappa shape index (κ1) is 8.74. The summed E-state index contributed by atoms with van der Waals surface area (Å²) in [5.41, 5.74) is 6.01. The average Bonchev–Trinajstić information content (AvgIpc) is 2.10. The third-order valence-corrected chi connectivity index (χ3v) is 1.60. The molecular formula is C9H10FNO. The summed E-state index contributed by atoms with van der Waals surface area (Å²) < 4.78 is 12.2. The molecule has 0 aliphatic carbocycles. The van der Waals surface area contributed by atoms with Gasteiger partial charge < -0.3 is 10.8 Å². The SMILES string of the molecule is NCC(=CF)c1ccccc1O. The average molecular weight is 167 g/mol. The number of nitrogens with two attached hydrogens (primary N) is 1. The number of aromatic hydroxyl groups is 1. The standard InChI is InChI=1S/C9H10FNO/c10-5-7(6-11)8-3-1-2-4-9(8)12/h1-5,12H,6,11H2. The molecule has 1 rings (SSSR count). The first-order valence-electron chi connectivity index (χ1n) is 3.57.